The summed E-state index contributed by atoms with van der Waals surface area (Å²) in [4.78, 5) is 52.5. The van der Waals surface area contributed by atoms with Gasteiger partial charge in [-0.3, -0.25) is 19.2 Å². The molecule has 0 aromatic heterocycles. The van der Waals surface area contributed by atoms with Crippen molar-refractivity contribution in [2.75, 3.05) is 37.9 Å². The molecule has 10 heteroatoms. The lowest BCUT2D eigenvalue weighted by molar-refractivity contribution is -0.118. The summed E-state index contributed by atoms with van der Waals surface area (Å²) in [5, 5.41) is 12.5. The molecule has 0 aliphatic carbocycles. The first-order valence-electron chi connectivity index (χ1n) is 17.9. The van der Waals surface area contributed by atoms with Crippen LogP contribution in [0, 0.1) is 0 Å². The average Bonchev–Trinajstić information content (AvgIpc) is 3.18. The van der Waals surface area contributed by atoms with Crippen LogP contribution in [0.5, 0.6) is 11.5 Å². The van der Waals surface area contributed by atoms with Gasteiger partial charge >= 0.3 is 0 Å². The van der Waals surface area contributed by atoms with Gasteiger partial charge in [0.25, 0.3) is 0 Å². The van der Waals surface area contributed by atoms with Gasteiger partial charge in [0.05, 0.1) is 26.3 Å². The van der Waals surface area contributed by atoms with Crippen LogP contribution in [-0.2, 0) is 9.59 Å². The maximum Gasteiger partial charge on any atom is 0.241 e. The maximum absolute atomic E-state index is 13.2. The van der Waals surface area contributed by atoms with Crippen molar-refractivity contribution in [2.45, 2.75) is 63.5 Å². The number of amides is 2. The summed E-state index contributed by atoms with van der Waals surface area (Å²) in [7, 11) is 3.15. The molecule has 52 heavy (non-hydrogen) atoms. The van der Waals surface area contributed by atoms with Crippen LogP contribution >= 0.6 is 0 Å². The topological polar surface area (TPSA) is 135 Å². The van der Waals surface area contributed by atoms with Gasteiger partial charge in [-0.1, -0.05) is 62.1 Å². The fraction of sp³-hybridized carbons (Fsp3) is 0.333. The predicted molar refractivity (Wildman–Crippen MR) is 205 cm³/mol. The smallest absolute Gasteiger partial charge is 0.241 e. The monoisotopic (exact) mass is 706 g/mol. The molecule has 0 radical (unpaired) electrons. The van der Waals surface area contributed by atoms with Crippen molar-refractivity contribution in [2.24, 2.45) is 0 Å². The van der Waals surface area contributed by atoms with E-state index < -0.39 is 12.1 Å². The van der Waals surface area contributed by atoms with Gasteiger partial charge < -0.3 is 30.7 Å². The molecule has 4 rings (SSSR count). The molecule has 2 amide bonds. The molecule has 0 aliphatic rings. The molecule has 0 bridgehead atoms. The van der Waals surface area contributed by atoms with Crippen molar-refractivity contribution in [1.29, 1.82) is 0 Å². The molecule has 0 heterocycles. The van der Waals surface area contributed by atoms with Crippen molar-refractivity contribution in [3.63, 3.8) is 0 Å². The van der Waals surface area contributed by atoms with E-state index in [1.807, 2.05) is 60.7 Å². The fourth-order valence-corrected chi connectivity index (χ4v) is 5.69. The SMILES string of the molecule is COc1ccc(C(=O)CC(NCCCCCCCCNC(CC(=O)c2ccc(OC)cc2)C(=O)Nc2ccccc2)C(=O)Nc2ccccc2)cc1. The number of anilines is 2. The standard InChI is InChI=1S/C42H50N4O6/c1-51-35-23-19-31(20-24-35)39(47)29-37(41(49)45-33-15-9-7-10-16-33)43-27-13-5-3-4-6-14-28-44-38(42(50)46-34-17-11-8-12-18-34)30-40(48)32-21-25-36(52-2)26-22-32/h7-12,15-26,37-38,43-44H,3-6,13-14,27-30H2,1-2H3,(H,45,49)(H,46,50). The number of para-hydroxylation sites is 2. The number of nitrogens with one attached hydrogen (secondary N) is 4. The molecule has 0 spiro atoms. The van der Waals surface area contributed by atoms with Crippen LogP contribution in [0.4, 0.5) is 11.4 Å². The third-order valence-corrected chi connectivity index (χ3v) is 8.70. The summed E-state index contributed by atoms with van der Waals surface area (Å²) in [5.41, 5.74) is 2.42. The summed E-state index contributed by atoms with van der Waals surface area (Å²) >= 11 is 0. The second-order valence-electron chi connectivity index (χ2n) is 12.6. The van der Waals surface area contributed by atoms with E-state index in [0.717, 1.165) is 38.5 Å². The van der Waals surface area contributed by atoms with Crippen LogP contribution in [-0.4, -0.2) is 62.8 Å². The molecule has 2 unspecified atom stereocenters. The lowest BCUT2D eigenvalue weighted by atomic mass is 10.0. The zero-order valence-electron chi connectivity index (χ0n) is 30.1. The van der Waals surface area contributed by atoms with Gasteiger partial charge in [0.15, 0.2) is 11.6 Å². The molecule has 2 atom stereocenters. The van der Waals surface area contributed by atoms with Gasteiger partial charge in [-0.05, 0) is 98.7 Å². The first-order valence-corrected chi connectivity index (χ1v) is 17.9. The van der Waals surface area contributed by atoms with Gasteiger partial charge in [-0.25, -0.2) is 0 Å². The van der Waals surface area contributed by atoms with Gasteiger partial charge in [-0.2, -0.15) is 0 Å². The zero-order chi connectivity index (χ0) is 37.0. The molecule has 10 nitrogen and oxygen atoms in total. The minimum absolute atomic E-state index is 0.0358. The highest BCUT2D eigenvalue weighted by Gasteiger charge is 2.24. The molecule has 4 aromatic rings. The Balaban J connectivity index is 1.19. The number of hydrogen-bond acceptors (Lipinski definition) is 8. The number of ether oxygens (including phenoxy) is 2. The summed E-state index contributed by atoms with van der Waals surface area (Å²) in [6.07, 6.45) is 5.76. The Labute approximate surface area is 306 Å². The molecule has 0 fully saturated rings. The Morgan fingerprint density at radius 2 is 0.827 bits per heavy atom. The molecule has 0 aliphatic heterocycles. The molecule has 4 aromatic carbocycles. The molecular formula is C42H50N4O6. The predicted octanol–water partition coefficient (Wildman–Crippen LogP) is 7.08. The second-order valence-corrected chi connectivity index (χ2v) is 12.6. The van der Waals surface area contributed by atoms with Crippen molar-refractivity contribution in [3.05, 3.63) is 120 Å². The van der Waals surface area contributed by atoms with Crippen molar-refractivity contribution >= 4 is 34.8 Å². The maximum atomic E-state index is 13.2. The zero-order valence-corrected chi connectivity index (χ0v) is 30.1. The Bertz CT molecular complexity index is 1550. The normalized spacial score (nSPS) is 12.0. The highest BCUT2D eigenvalue weighted by molar-refractivity contribution is 6.03. The molecule has 0 saturated carbocycles. The van der Waals surface area contributed by atoms with Crippen LogP contribution in [0.3, 0.4) is 0 Å². The number of unbranched alkanes of at least 4 members (excludes halogenated alkanes) is 5. The lowest BCUT2D eigenvalue weighted by Crippen LogP contribution is -2.42. The summed E-state index contributed by atoms with van der Waals surface area (Å²) in [5.74, 6) is 0.585. The Kier molecular flexibility index (Phi) is 16.5. The van der Waals surface area contributed by atoms with Gasteiger partial charge in [-0.15, -0.1) is 0 Å². The Hall–Kier alpha value is -5.32. The lowest BCUT2D eigenvalue weighted by Gasteiger charge is -2.18. The Morgan fingerprint density at radius 3 is 1.17 bits per heavy atom. The van der Waals surface area contributed by atoms with Crippen LogP contribution in [0.15, 0.2) is 109 Å². The summed E-state index contributed by atoms with van der Waals surface area (Å²) in [6.45, 7) is 1.20. The van der Waals surface area contributed by atoms with E-state index >= 15 is 0 Å². The van der Waals surface area contributed by atoms with Gasteiger partial charge in [0, 0.05) is 35.3 Å². The van der Waals surface area contributed by atoms with Gasteiger partial charge in [0.2, 0.25) is 11.8 Å². The number of hydrogen-bond donors (Lipinski definition) is 4. The quantitative estimate of drug-likeness (QED) is 0.0475. The number of benzene rings is 4. The number of methoxy groups -OCH3 is 2. The second kappa shape index (κ2) is 21.8. The van der Waals surface area contributed by atoms with Gasteiger partial charge in [0.1, 0.15) is 11.5 Å². The molecular weight excluding hydrogens is 656 g/mol. The first kappa shape index (κ1) is 39.5. The van der Waals surface area contributed by atoms with Crippen LogP contribution in [0.25, 0.3) is 0 Å². The van der Waals surface area contributed by atoms with E-state index in [2.05, 4.69) is 21.3 Å². The number of ketones is 2. The third-order valence-electron chi connectivity index (χ3n) is 8.70. The minimum Gasteiger partial charge on any atom is -0.497 e. The minimum atomic E-state index is -0.676. The van der Waals surface area contributed by atoms with E-state index in [-0.39, 0.29) is 36.2 Å². The van der Waals surface area contributed by atoms with Crippen LogP contribution < -0.4 is 30.7 Å². The van der Waals surface area contributed by atoms with Crippen molar-refractivity contribution < 1.29 is 28.7 Å². The molecule has 274 valence electrons. The van der Waals surface area contributed by atoms with E-state index in [1.165, 1.54) is 0 Å². The van der Waals surface area contributed by atoms with E-state index in [4.69, 9.17) is 9.47 Å². The average molecular weight is 707 g/mol. The van der Waals surface area contributed by atoms with Crippen molar-refractivity contribution in [3.8, 4) is 11.5 Å². The Morgan fingerprint density at radius 1 is 0.481 bits per heavy atom. The van der Waals surface area contributed by atoms with Crippen LogP contribution in [0.1, 0.15) is 72.1 Å². The largest absolute Gasteiger partial charge is 0.497 e. The first-order chi connectivity index (χ1) is 25.4. The summed E-state index contributed by atoms with van der Waals surface area (Å²) in [6, 6.07) is 30.9. The number of Topliss-reactive ketones (excluding diaryl/α,β-unsaturated/α-hetero) is 2. The fourth-order valence-electron chi connectivity index (χ4n) is 5.69. The molecule has 4 N–H and O–H groups in total. The summed E-state index contributed by atoms with van der Waals surface area (Å²) < 4.78 is 10.4. The van der Waals surface area contributed by atoms with Crippen molar-refractivity contribution in [1.82, 2.24) is 10.6 Å². The molecule has 0 saturated heterocycles. The number of carbonyl (C=O) groups is 4. The van der Waals surface area contributed by atoms with Crippen LogP contribution in [0.2, 0.25) is 0 Å². The van der Waals surface area contributed by atoms with E-state index in [1.54, 1.807) is 62.8 Å². The highest BCUT2D eigenvalue weighted by Crippen LogP contribution is 2.17. The number of rotatable bonds is 23. The van der Waals surface area contributed by atoms with E-state index in [9.17, 15) is 19.2 Å². The third kappa shape index (κ3) is 13.4. The highest BCUT2D eigenvalue weighted by atomic mass is 16.5. The van der Waals surface area contributed by atoms with E-state index in [0.29, 0.717) is 47.1 Å². The number of carbonyl (C=O) groups excluding carboxylic acids is 4.